The van der Waals surface area contributed by atoms with Crippen molar-refractivity contribution in [2.75, 3.05) is 11.2 Å². The van der Waals surface area contributed by atoms with E-state index in [1.165, 1.54) is 5.56 Å². The van der Waals surface area contributed by atoms with Crippen molar-refractivity contribution in [1.29, 1.82) is 0 Å². The number of benzene rings is 2. The van der Waals surface area contributed by atoms with Crippen LogP contribution in [0.15, 0.2) is 40.8 Å². The van der Waals surface area contributed by atoms with Crippen LogP contribution < -0.4 is 5.32 Å². The van der Waals surface area contributed by atoms with Gasteiger partial charge in [-0.25, -0.2) is 4.98 Å². The van der Waals surface area contributed by atoms with Crippen molar-refractivity contribution in [2.24, 2.45) is 0 Å². The van der Waals surface area contributed by atoms with Crippen LogP contribution >= 0.6 is 11.6 Å². The van der Waals surface area contributed by atoms with Crippen LogP contribution in [0.3, 0.4) is 0 Å². The maximum atomic E-state index is 11.5. The number of aromatic nitrogens is 1. The number of carbonyl (C=O) groups is 1. The molecule has 1 amide bonds. The molecule has 0 aliphatic rings. The van der Waals surface area contributed by atoms with Crippen molar-refractivity contribution in [2.45, 2.75) is 26.7 Å². The van der Waals surface area contributed by atoms with E-state index in [0.29, 0.717) is 23.0 Å². The fourth-order valence-electron chi connectivity index (χ4n) is 2.60. The highest BCUT2D eigenvalue weighted by atomic mass is 35.5. The Labute approximate surface area is 145 Å². The molecule has 24 heavy (non-hydrogen) atoms. The number of nitrogens with zero attached hydrogens (tertiary/aromatic N) is 1. The highest BCUT2D eigenvalue weighted by Gasteiger charge is 2.13. The molecule has 0 unspecified atom stereocenters. The van der Waals surface area contributed by atoms with Gasteiger partial charge in [-0.1, -0.05) is 26.0 Å². The molecule has 0 radical (unpaired) electrons. The number of halogens is 1. The number of anilines is 1. The number of alkyl halides is 1. The van der Waals surface area contributed by atoms with Crippen molar-refractivity contribution >= 4 is 34.3 Å². The quantitative estimate of drug-likeness (QED) is 0.671. The summed E-state index contributed by atoms with van der Waals surface area (Å²) >= 11 is 5.53. The molecule has 0 saturated heterocycles. The van der Waals surface area contributed by atoms with E-state index in [4.69, 9.17) is 16.0 Å². The lowest BCUT2D eigenvalue weighted by Crippen LogP contribution is -2.12. The summed E-state index contributed by atoms with van der Waals surface area (Å²) in [5, 5.41) is 2.74. The average molecular weight is 343 g/mol. The molecule has 1 N–H and O–H groups in total. The van der Waals surface area contributed by atoms with Crippen LogP contribution in [-0.2, 0) is 4.79 Å². The molecular formula is C19H19ClN2O2. The van der Waals surface area contributed by atoms with E-state index in [0.717, 1.165) is 16.7 Å². The van der Waals surface area contributed by atoms with E-state index in [1.807, 2.05) is 25.1 Å². The summed E-state index contributed by atoms with van der Waals surface area (Å²) in [4.78, 5) is 16.0. The van der Waals surface area contributed by atoms with E-state index in [-0.39, 0.29) is 11.8 Å². The van der Waals surface area contributed by atoms with Gasteiger partial charge in [-0.15, -0.1) is 11.6 Å². The van der Waals surface area contributed by atoms with Gasteiger partial charge in [0.2, 0.25) is 11.8 Å². The second-order valence-electron chi connectivity index (χ2n) is 6.12. The maximum absolute atomic E-state index is 11.5. The van der Waals surface area contributed by atoms with Gasteiger partial charge in [-0.3, -0.25) is 4.79 Å². The van der Waals surface area contributed by atoms with Crippen LogP contribution in [-0.4, -0.2) is 16.8 Å². The van der Waals surface area contributed by atoms with Gasteiger partial charge in [0.05, 0.1) is 0 Å². The zero-order chi connectivity index (χ0) is 17.3. The SMILES string of the molecule is Cc1cc(NC(=O)CCl)cc2nc(-c3ccc(C(C)C)cc3)oc12. The molecule has 3 rings (SSSR count). The van der Waals surface area contributed by atoms with Crippen LogP contribution in [0.2, 0.25) is 0 Å². The normalized spacial score (nSPS) is 11.2. The highest BCUT2D eigenvalue weighted by Crippen LogP contribution is 2.29. The fourth-order valence-corrected chi connectivity index (χ4v) is 2.67. The molecule has 0 bridgehead atoms. The molecule has 0 aliphatic carbocycles. The zero-order valence-corrected chi connectivity index (χ0v) is 14.6. The number of oxazole rings is 1. The minimum absolute atomic E-state index is 0.0800. The third kappa shape index (κ3) is 3.29. The Morgan fingerprint density at radius 3 is 2.58 bits per heavy atom. The predicted molar refractivity (Wildman–Crippen MR) is 97.6 cm³/mol. The minimum atomic E-state index is -0.247. The molecule has 0 saturated carbocycles. The van der Waals surface area contributed by atoms with Crippen LogP contribution in [0.1, 0.15) is 30.9 Å². The summed E-state index contributed by atoms with van der Waals surface area (Å²) < 4.78 is 5.92. The van der Waals surface area contributed by atoms with Gasteiger partial charge in [0.1, 0.15) is 11.4 Å². The smallest absolute Gasteiger partial charge is 0.239 e. The lowest BCUT2D eigenvalue weighted by atomic mass is 10.0. The van der Waals surface area contributed by atoms with Gasteiger partial charge >= 0.3 is 0 Å². The van der Waals surface area contributed by atoms with E-state index in [9.17, 15) is 4.79 Å². The van der Waals surface area contributed by atoms with Crippen molar-refractivity contribution < 1.29 is 9.21 Å². The highest BCUT2D eigenvalue weighted by molar-refractivity contribution is 6.29. The zero-order valence-electron chi connectivity index (χ0n) is 13.9. The van der Waals surface area contributed by atoms with E-state index >= 15 is 0 Å². The first kappa shape index (κ1) is 16.5. The summed E-state index contributed by atoms with van der Waals surface area (Å²) in [7, 11) is 0. The van der Waals surface area contributed by atoms with Crippen molar-refractivity contribution in [1.82, 2.24) is 4.98 Å². The average Bonchev–Trinajstić information content (AvgIpc) is 2.99. The molecule has 3 aromatic rings. The van der Waals surface area contributed by atoms with E-state index in [2.05, 4.69) is 36.3 Å². The Hall–Kier alpha value is -2.33. The number of hydrogen-bond acceptors (Lipinski definition) is 3. The van der Waals surface area contributed by atoms with Crippen LogP contribution in [0.5, 0.6) is 0 Å². The van der Waals surface area contributed by atoms with Crippen molar-refractivity contribution in [3.05, 3.63) is 47.5 Å². The molecule has 124 valence electrons. The Balaban J connectivity index is 1.98. The van der Waals surface area contributed by atoms with Gasteiger partial charge in [-0.05, 0) is 48.2 Å². The Morgan fingerprint density at radius 1 is 1.25 bits per heavy atom. The third-order valence-corrected chi connectivity index (χ3v) is 4.15. The molecule has 0 atom stereocenters. The van der Waals surface area contributed by atoms with Crippen molar-refractivity contribution in [3.8, 4) is 11.5 Å². The van der Waals surface area contributed by atoms with Crippen molar-refractivity contribution in [3.63, 3.8) is 0 Å². The lowest BCUT2D eigenvalue weighted by Gasteiger charge is -2.04. The molecule has 2 aromatic carbocycles. The monoisotopic (exact) mass is 342 g/mol. The molecule has 4 nitrogen and oxygen atoms in total. The number of amides is 1. The van der Waals surface area contributed by atoms with Crippen LogP contribution in [0.25, 0.3) is 22.6 Å². The van der Waals surface area contributed by atoms with Crippen LogP contribution in [0.4, 0.5) is 5.69 Å². The van der Waals surface area contributed by atoms with Gasteiger partial charge < -0.3 is 9.73 Å². The van der Waals surface area contributed by atoms with Crippen LogP contribution in [0, 0.1) is 6.92 Å². The van der Waals surface area contributed by atoms with Gasteiger partial charge in [0.15, 0.2) is 5.58 Å². The number of nitrogens with one attached hydrogen (secondary N) is 1. The van der Waals surface area contributed by atoms with Gasteiger partial charge in [0.25, 0.3) is 0 Å². The fraction of sp³-hybridized carbons (Fsp3) is 0.263. The largest absolute Gasteiger partial charge is 0.436 e. The minimum Gasteiger partial charge on any atom is -0.436 e. The molecule has 5 heteroatoms. The summed E-state index contributed by atoms with van der Waals surface area (Å²) in [5.41, 5.74) is 5.22. The predicted octanol–water partition coefficient (Wildman–Crippen LogP) is 5.10. The lowest BCUT2D eigenvalue weighted by molar-refractivity contribution is -0.113. The first-order chi connectivity index (χ1) is 11.5. The summed E-state index contributed by atoms with van der Waals surface area (Å²) in [5.74, 6) is 0.731. The topological polar surface area (TPSA) is 55.1 Å². The standard InChI is InChI=1S/C19H19ClN2O2/c1-11(2)13-4-6-14(7-5-13)19-22-16-9-15(21-17(23)10-20)8-12(3)18(16)24-19/h4-9,11H,10H2,1-3H3,(H,21,23). The maximum Gasteiger partial charge on any atom is 0.239 e. The first-order valence-electron chi connectivity index (χ1n) is 7.85. The number of carbonyl (C=O) groups excluding carboxylic acids is 1. The van der Waals surface area contributed by atoms with Gasteiger partial charge in [-0.2, -0.15) is 0 Å². The third-order valence-electron chi connectivity index (χ3n) is 3.91. The number of hydrogen-bond donors (Lipinski definition) is 1. The first-order valence-corrected chi connectivity index (χ1v) is 8.38. The second-order valence-corrected chi connectivity index (χ2v) is 6.39. The Bertz CT molecular complexity index is 882. The number of aryl methyl sites for hydroxylation is 1. The number of fused-ring (bicyclic) bond motifs is 1. The molecule has 1 heterocycles. The summed E-state index contributed by atoms with van der Waals surface area (Å²) in [6, 6.07) is 11.9. The van der Waals surface area contributed by atoms with E-state index in [1.54, 1.807) is 6.07 Å². The molecule has 1 aromatic heterocycles. The van der Waals surface area contributed by atoms with E-state index < -0.39 is 0 Å². The van der Waals surface area contributed by atoms with Gasteiger partial charge in [0, 0.05) is 11.3 Å². The summed E-state index contributed by atoms with van der Waals surface area (Å²) in [6.45, 7) is 6.25. The molecule has 0 aliphatic heterocycles. The Kier molecular flexibility index (Phi) is 4.58. The number of rotatable bonds is 4. The molecular weight excluding hydrogens is 324 g/mol. The second kappa shape index (κ2) is 6.65. The molecule has 0 spiro atoms. The summed E-state index contributed by atoms with van der Waals surface area (Å²) in [6.07, 6.45) is 0. The Morgan fingerprint density at radius 2 is 1.96 bits per heavy atom. The molecule has 0 fully saturated rings.